The van der Waals surface area contributed by atoms with Crippen molar-refractivity contribution in [3.8, 4) is 0 Å². The molecule has 1 aromatic heterocycles. The lowest BCUT2D eigenvalue weighted by Crippen LogP contribution is -2.17. The van der Waals surface area contributed by atoms with Crippen molar-refractivity contribution in [2.24, 2.45) is 7.05 Å². The molecule has 2 rings (SSSR count). The predicted molar refractivity (Wildman–Crippen MR) is 102 cm³/mol. The van der Waals surface area contributed by atoms with Crippen LogP contribution in [-0.4, -0.2) is 43.4 Å². The molecule has 1 heterocycles. The topological polar surface area (TPSA) is 117 Å². The highest BCUT2D eigenvalue weighted by atomic mass is 32.2. The summed E-state index contributed by atoms with van der Waals surface area (Å²) in [4.78, 5) is 24.3. The van der Waals surface area contributed by atoms with Crippen molar-refractivity contribution in [1.29, 1.82) is 0 Å². The molecular weight excluding hydrogens is 386 g/mol. The third kappa shape index (κ3) is 4.50. The average molecular weight is 409 g/mol. The zero-order valence-corrected chi connectivity index (χ0v) is 17.2. The molecular formula is C18H23N3O6S. The van der Waals surface area contributed by atoms with Gasteiger partial charge < -0.3 is 9.47 Å². The Bertz CT molecular complexity index is 974. The van der Waals surface area contributed by atoms with Crippen LogP contribution >= 0.6 is 0 Å². The second kappa shape index (κ2) is 8.42. The summed E-state index contributed by atoms with van der Waals surface area (Å²) >= 11 is 0. The molecule has 0 aliphatic heterocycles. The third-order valence-electron chi connectivity index (χ3n) is 3.92. The fraction of sp³-hybridized carbons (Fsp3) is 0.389. The second-order valence-electron chi connectivity index (χ2n) is 5.97. The lowest BCUT2D eigenvalue weighted by Gasteiger charge is -2.12. The molecule has 0 saturated carbocycles. The summed E-state index contributed by atoms with van der Waals surface area (Å²) in [5, 5.41) is 4.11. The second-order valence-corrected chi connectivity index (χ2v) is 7.59. The van der Waals surface area contributed by atoms with Gasteiger partial charge in [0.2, 0.25) is 0 Å². The maximum absolute atomic E-state index is 12.9. The number of sulfonamides is 1. The Kier molecular flexibility index (Phi) is 6.45. The molecule has 9 nitrogen and oxygen atoms in total. The number of carbonyl (C=O) groups excluding carboxylic acids is 2. The van der Waals surface area contributed by atoms with Gasteiger partial charge in [-0.05, 0) is 45.9 Å². The number of anilines is 1. The molecule has 1 aromatic carbocycles. The Morgan fingerprint density at radius 1 is 1.04 bits per heavy atom. The Morgan fingerprint density at radius 3 is 1.93 bits per heavy atom. The van der Waals surface area contributed by atoms with Crippen LogP contribution in [0.5, 0.6) is 0 Å². The number of hydrogen-bond donors (Lipinski definition) is 1. The summed E-state index contributed by atoms with van der Waals surface area (Å²) in [7, 11) is -2.36. The largest absolute Gasteiger partial charge is 0.462 e. The van der Waals surface area contributed by atoms with Crippen LogP contribution in [0.15, 0.2) is 23.1 Å². The molecule has 0 fully saturated rings. The van der Waals surface area contributed by atoms with Crippen molar-refractivity contribution in [1.82, 2.24) is 9.78 Å². The molecule has 152 valence electrons. The van der Waals surface area contributed by atoms with E-state index >= 15 is 0 Å². The number of nitrogens with one attached hydrogen (secondary N) is 1. The number of nitrogens with zero attached hydrogens (tertiary/aromatic N) is 2. The maximum Gasteiger partial charge on any atom is 0.338 e. The van der Waals surface area contributed by atoms with Gasteiger partial charge in [-0.25, -0.2) is 18.0 Å². The molecule has 10 heteroatoms. The summed E-state index contributed by atoms with van der Waals surface area (Å²) in [6.45, 7) is 6.78. The van der Waals surface area contributed by atoms with Crippen molar-refractivity contribution in [3.63, 3.8) is 0 Å². The first-order valence-electron chi connectivity index (χ1n) is 8.63. The van der Waals surface area contributed by atoms with E-state index in [1.165, 1.54) is 22.9 Å². The first-order chi connectivity index (χ1) is 13.1. The van der Waals surface area contributed by atoms with Gasteiger partial charge in [0.25, 0.3) is 10.0 Å². The molecule has 0 saturated heterocycles. The van der Waals surface area contributed by atoms with E-state index < -0.39 is 22.0 Å². The highest BCUT2D eigenvalue weighted by Crippen LogP contribution is 2.24. The van der Waals surface area contributed by atoms with Gasteiger partial charge in [0.05, 0.1) is 41.4 Å². The first kappa shape index (κ1) is 21.4. The molecule has 1 N–H and O–H groups in total. The minimum absolute atomic E-state index is 0.0322. The van der Waals surface area contributed by atoms with Crippen LogP contribution in [0.2, 0.25) is 0 Å². The van der Waals surface area contributed by atoms with Gasteiger partial charge in [-0.1, -0.05) is 0 Å². The first-order valence-corrected chi connectivity index (χ1v) is 10.1. The van der Waals surface area contributed by atoms with E-state index in [1.54, 1.807) is 34.7 Å². The van der Waals surface area contributed by atoms with Crippen LogP contribution in [0.3, 0.4) is 0 Å². The molecule has 0 amide bonds. The monoisotopic (exact) mass is 409 g/mol. The number of aryl methyl sites for hydroxylation is 2. The fourth-order valence-corrected chi connectivity index (χ4v) is 4.18. The normalized spacial score (nSPS) is 11.2. The Balaban J connectivity index is 2.51. The number of ether oxygens (including phenoxy) is 2. The zero-order valence-electron chi connectivity index (χ0n) is 16.4. The summed E-state index contributed by atoms with van der Waals surface area (Å²) in [5.74, 6) is -1.36. The number of benzene rings is 1. The Hall–Kier alpha value is -2.88. The summed E-state index contributed by atoms with van der Waals surface area (Å²) < 4.78 is 39.5. The zero-order chi connectivity index (χ0) is 21.1. The van der Waals surface area contributed by atoms with E-state index in [9.17, 15) is 18.0 Å². The lowest BCUT2D eigenvalue weighted by molar-refractivity contribution is 0.0525. The maximum atomic E-state index is 12.9. The van der Waals surface area contributed by atoms with E-state index in [2.05, 4.69) is 9.82 Å². The minimum atomic E-state index is -4.00. The van der Waals surface area contributed by atoms with E-state index in [0.29, 0.717) is 11.4 Å². The Morgan fingerprint density at radius 2 is 1.54 bits per heavy atom. The van der Waals surface area contributed by atoms with Gasteiger partial charge in [-0.3, -0.25) is 9.40 Å². The molecule has 0 atom stereocenters. The smallest absolute Gasteiger partial charge is 0.338 e. The third-order valence-corrected chi connectivity index (χ3v) is 5.55. The lowest BCUT2D eigenvalue weighted by atomic mass is 10.1. The van der Waals surface area contributed by atoms with Crippen molar-refractivity contribution in [2.45, 2.75) is 32.6 Å². The van der Waals surface area contributed by atoms with Crippen molar-refractivity contribution in [2.75, 3.05) is 17.9 Å². The number of rotatable bonds is 7. The minimum Gasteiger partial charge on any atom is -0.462 e. The van der Waals surface area contributed by atoms with Crippen molar-refractivity contribution >= 4 is 27.6 Å². The highest BCUT2D eigenvalue weighted by Gasteiger charge is 2.25. The molecule has 0 spiro atoms. The van der Waals surface area contributed by atoms with Crippen LogP contribution in [-0.2, 0) is 26.5 Å². The van der Waals surface area contributed by atoms with E-state index in [4.69, 9.17) is 9.47 Å². The standard InChI is InChI=1S/C18H23N3O6S/c1-6-26-17(22)13-8-14(18(23)27-7-2)10-15(9-13)20-28(24,25)16-11(3)19-21(5)12(16)4/h8-10,20H,6-7H2,1-5H3. The number of esters is 2. The van der Waals surface area contributed by atoms with Gasteiger partial charge in [0.15, 0.2) is 0 Å². The van der Waals surface area contributed by atoms with Crippen molar-refractivity contribution < 1.29 is 27.5 Å². The molecule has 0 radical (unpaired) electrons. The summed E-state index contributed by atoms with van der Waals surface area (Å²) in [6.07, 6.45) is 0. The number of aromatic nitrogens is 2. The number of carbonyl (C=O) groups is 2. The van der Waals surface area contributed by atoms with Crippen LogP contribution in [0.1, 0.15) is 46.0 Å². The highest BCUT2D eigenvalue weighted by molar-refractivity contribution is 7.92. The fourth-order valence-electron chi connectivity index (χ4n) is 2.70. The molecule has 0 aliphatic rings. The molecule has 0 bridgehead atoms. The van der Waals surface area contributed by atoms with Gasteiger partial charge in [0.1, 0.15) is 4.90 Å². The SMILES string of the molecule is CCOC(=O)c1cc(NS(=O)(=O)c2c(C)nn(C)c2C)cc(C(=O)OCC)c1. The van der Waals surface area contributed by atoms with Crippen LogP contribution in [0.4, 0.5) is 5.69 Å². The van der Waals surface area contributed by atoms with Crippen LogP contribution in [0, 0.1) is 13.8 Å². The van der Waals surface area contributed by atoms with E-state index in [-0.39, 0.29) is 34.9 Å². The molecule has 0 unspecified atom stereocenters. The van der Waals surface area contributed by atoms with Crippen LogP contribution in [0.25, 0.3) is 0 Å². The Labute approximate surface area is 163 Å². The van der Waals surface area contributed by atoms with Gasteiger partial charge >= 0.3 is 11.9 Å². The van der Waals surface area contributed by atoms with Crippen molar-refractivity contribution in [3.05, 3.63) is 40.7 Å². The van der Waals surface area contributed by atoms with E-state index in [0.717, 1.165) is 0 Å². The average Bonchev–Trinajstić information content (AvgIpc) is 2.87. The molecule has 0 aliphatic carbocycles. The van der Waals surface area contributed by atoms with Crippen LogP contribution < -0.4 is 4.72 Å². The molecule has 2 aromatic rings. The quantitative estimate of drug-likeness (QED) is 0.697. The van der Waals surface area contributed by atoms with E-state index in [1.807, 2.05) is 0 Å². The predicted octanol–water partition coefficient (Wildman–Crippen LogP) is 2.19. The number of hydrogen-bond acceptors (Lipinski definition) is 7. The summed E-state index contributed by atoms with van der Waals surface area (Å²) in [6, 6.07) is 3.91. The summed E-state index contributed by atoms with van der Waals surface area (Å²) in [5.41, 5.74) is 0.891. The van der Waals surface area contributed by atoms with Gasteiger partial charge in [-0.2, -0.15) is 5.10 Å². The van der Waals surface area contributed by atoms with Gasteiger partial charge in [0, 0.05) is 7.05 Å². The van der Waals surface area contributed by atoms with Gasteiger partial charge in [-0.15, -0.1) is 0 Å². The molecule has 28 heavy (non-hydrogen) atoms.